The number of hydrogen-bond donors (Lipinski definition) is 0. The van der Waals surface area contributed by atoms with Gasteiger partial charge in [0.05, 0.1) is 17.1 Å². The number of rotatable bonds is 1. The van der Waals surface area contributed by atoms with E-state index in [0.717, 1.165) is 40.9 Å². The third-order valence-corrected chi connectivity index (χ3v) is 7.43. The summed E-state index contributed by atoms with van der Waals surface area (Å²) in [6.07, 6.45) is 13.7. The smallest absolute Gasteiger partial charge is 0.0979 e. The summed E-state index contributed by atoms with van der Waals surface area (Å²) >= 11 is 0. The summed E-state index contributed by atoms with van der Waals surface area (Å²) in [6.45, 7) is 0. The second kappa shape index (κ2) is 6.26. The summed E-state index contributed by atoms with van der Waals surface area (Å²) in [5.74, 6) is 2.55. The molecule has 2 atom stereocenters. The molecule has 2 aromatic heterocycles. The third-order valence-electron chi connectivity index (χ3n) is 7.43. The van der Waals surface area contributed by atoms with E-state index in [0.29, 0.717) is 12.0 Å². The fourth-order valence-corrected chi connectivity index (χ4v) is 6.22. The molecule has 4 heteroatoms. The van der Waals surface area contributed by atoms with Crippen molar-refractivity contribution in [2.45, 2.75) is 44.6 Å². The van der Waals surface area contributed by atoms with Crippen LogP contribution in [-0.4, -0.2) is 33.7 Å². The van der Waals surface area contributed by atoms with Crippen LogP contribution in [0.1, 0.15) is 43.2 Å². The van der Waals surface area contributed by atoms with Gasteiger partial charge in [0.25, 0.3) is 0 Å². The Kier molecular flexibility index (Phi) is 3.68. The number of nitrogens with zero attached hydrogens (tertiary/aromatic N) is 4. The van der Waals surface area contributed by atoms with E-state index in [1.54, 1.807) is 0 Å². The van der Waals surface area contributed by atoms with Crippen LogP contribution in [0.3, 0.4) is 0 Å². The van der Waals surface area contributed by atoms with Crippen LogP contribution in [0.15, 0.2) is 53.5 Å². The first kappa shape index (κ1) is 16.5. The summed E-state index contributed by atoms with van der Waals surface area (Å²) in [6, 6.07) is 9.03. The van der Waals surface area contributed by atoms with Crippen LogP contribution in [0.2, 0.25) is 0 Å². The van der Waals surface area contributed by atoms with Gasteiger partial charge in [-0.25, -0.2) is 0 Å². The molecule has 3 aliphatic carbocycles. The van der Waals surface area contributed by atoms with Gasteiger partial charge >= 0.3 is 0 Å². The van der Waals surface area contributed by atoms with E-state index in [2.05, 4.69) is 40.2 Å². The molecular weight excluding hydrogens is 344 g/mol. The molecule has 0 radical (unpaired) electrons. The van der Waals surface area contributed by atoms with E-state index < -0.39 is 0 Å². The maximum atomic E-state index is 5.08. The molecule has 0 spiro atoms. The summed E-state index contributed by atoms with van der Waals surface area (Å²) in [5, 5.41) is 0. The lowest BCUT2D eigenvalue weighted by atomic mass is 9.68. The Morgan fingerprint density at radius 3 is 2.54 bits per heavy atom. The summed E-state index contributed by atoms with van der Waals surface area (Å²) in [5.41, 5.74) is 6.91. The van der Waals surface area contributed by atoms with Crippen molar-refractivity contribution in [3.63, 3.8) is 0 Å². The number of allylic oxidation sites excluding steroid dienone is 1. The van der Waals surface area contributed by atoms with Crippen LogP contribution in [-0.2, 0) is 6.42 Å². The second-order valence-corrected chi connectivity index (χ2v) is 9.09. The van der Waals surface area contributed by atoms with Crippen molar-refractivity contribution < 1.29 is 0 Å². The number of hydrogen-bond acceptors (Lipinski definition) is 4. The lowest BCUT2D eigenvalue weighted by Crippen LogP contribution is -2.34. The highest BCUT2D eigenvalue weighted by molar-refractivity contribution is 6.09. The van der Waals surface area contributed by atoms with Crippen LogP contribution in [0.5, 0.6) is 0 Å². The molecule has 0 N–H and O–H groups in total. The van der Waals surface area contributed by atoms with Gasteiger partial charge in [0.2, 0.25) is 0 Å². The Balaban J connectivity index is 1.42. The SMILES string of the molecule is CN1/C(=C/N=C2Cc3cccnc3-c3ncccc32)C2CC3CC(C2)CC1C3. The van der Waals surface area contributed by atoms with Crippen LogP contribution in [0.25, 0.3) is 11.4 Å². The summed E-state index contributed by atoms with van der Waals surface area (Å²) in [4.78, 5) is 16.9. The van der Waals surface area contributed by atoms with E-state index in [-0.39, 0.29) is 0 Å². The van der Waals surface area contributed by atoms with E-state index in [9.17, 15) is 0 Å². The van der Waals surface area contributed by atoms with Crippen LogP contribution in [0.4, 0.5) is 0 Å². The van der Waals surface area contributed by atoms with Gasteiger partial charge in [0.15, 0.2) is 0 Å². The zero-order chi connectivity index (χ0) is 18.7. The molecule has 4 nitrogen and oxygen atoms in total. The predicted molar refractivity (Wildman–Crippen MR) is 111 cm³/mol. The Bertz CT molecular complexity index is 978. The van der Waals surface area contributed by atoms with Gasteiger partial charge in [-0.15, -0.1) is 0 Å². The molecule has 7 rings (SSSR count). The predicted octanol–water partition coefficient (Wildman–Crippen LogP) is 4.47. The minimum absolute atomic E-state index is 0.691. The van der Waals surface area contributed by atoms with Crippen molar-refractivity contribution in [3.8, 4) is 11.4 Å². The van der Waals surface area contributed by atoms with Gasteiger partial charge in [-0.05, 0) is 67.7 Å². The molecule has 142 valence electrons. The summed E-state index contributed by atoms with van der Waals surface area (Å²) in [7, 11) is 2.30. The molecule has 28 heavy (non-hydrogen) atoms. The highest BCUT2D eigenvalue weighted by atomic mass is 15.2. The Labute approximate surface area is 166 Å². The molecule has 4 heterocycles. The summed E-state index contributed by atoms with van der Waals surface area (Å²) < 4.78 is 0. The number of aliphatic imine (C=N–C) groups is 1. The average molecular weight is 371 g/mol. The zero-order valence-corrected chi connectivity index (χ0v) is 16.4. The molecule has 2 unspecified atom stereocenters. The first-order valence-electron chi connectivity index (χ1n) is 10.7. The van der Waals surface area contributed by atoms with Gasteiger partial charge in [0.1, 0.15) is 0 Å². The average Bonchev–Trinajstić information content (AvgIpc) is 2.86. The van der Waals surface area contributed by atoms with E-state index in [4.69, 9.17) is 4.99 Å². The monoisotopic (exact) mass is 370 g/mol. The lowest BCUT2D eigenvalue weighted by molar-refractivity contribution is 0.137. The van der Waals surface area contributed by atoms with Crippen molar-refractivity contribution in [1.29, 1.82) is 0 Å². The largest absolute Gasteiger partial charge is 0.373 e. The van der Waals surface area contributed by atoms with Crippen molar-refractivity contribution in [2.75, 3.05) is 7.05 Å². The first-order chi connectivity index (χ1) is 13.8. The third kappa shape index (κ3) is 2.54. The topological polar surface area (TPSA) is 41.4 Å². The first-order valence-corrected chi connectivity index (χ1v) is 10.7. The van der Waals surface area contributed by atoms with E-state index in [1.165, 1.54) is 43.4 Å². The molecule has 2 aliphatic heterocycles. The molecule has 2 saturated carbocycles. The number of fused-ring (bicyclic) bond motifs is 4. The van der Waals surface area contributed by atoms with Crippen LogP contribution < -0.4 is 0 Å². The van der Waals surface area contributed by atoms with Gasteiger partial charge in [-0.3, -0.25) is 15.0 Å². The molecule has 5 aliphatic rings. The van der Waals surface area contributed by atoms with Crippen molar-refractivity contribution in [3.05, 3.63) is 59.7 Å². The van der Waals surface area contributed by atoms with E-state index >= 15 is 0 Å². The van der Waals surface area contributed by atoms with Crippen molar-refractivity contribution >= 4 is 5.71 Å². The highest BCUT2D eigenvalue weighted by Gasteiger charge is 2.43. The maximum absolute atomic E-state index is 5.08. The fraction of sp³-hybridized carbons (Fsp3) is 0.458. The molecule has 0 amide bonds. The quantitative estimate of drug-likeness (QED) is 0.744. The molecular formula is C24H26N4. The van der Waals surface area contributed by atoms with Crippen LogP contribution >= 0.6 is 0 Å². The normalized spacial score (nSPS) is 33.1. The zero-order valence-electron chi connectivity index (χ0n) is 16.4. The molecule has 0 aromatic carbocycles. The van der Waals surface area contributed by atoms with Crippen molar-refractivity contribution in [2.24, 2.45) is 22.7 Å². The Morgan fingerprint density at radius 1 is 0.964 bits per heavy atom. The molecule has 4 fully saturated rings. The minimum Gasteiger partial charge on any atom is -0.373 e. The minimum atomic E-state index is 0.691. The molecule has 2 aromatic rings. The van der Waals surface area contributed by atoms with Gasteiger partial charge in [0, 0.05) is 55.3 Å². The molecule has 2 saturated heterocycles. The van der Waals surface area contributed by atoms with Gasteiger partial charge < -0.3 is 4.90 Å². The molecule has 4 bridgehead atoms. The highest BCUT2D eigenvalue weighted by Crippen LogP contribution is 2.50. The van der Waals surface area contributed by atoms with Gasteiger partial charge in [-0.1, -0.05) is 6.07 Å². The second-order valence-electron chi connectivity index (χ2n) is 9.09. The Hall–Kier alpha value is -2.49. The van der Waals surface area contributed by atoms with E-state index in [1.807, 2.05) is 24.5 Å². The lowest BCUT2D eigenvalue weighted by Gasteiger charge is -2.38. The standard InChI is InChI=1S/C24H26N4/c1-28-19-11-15-8-16(12-19)10-18(9-15)22(28)14-27-21-13-17-4-2-6-25-23(17)24-20(21)5-3-7-26-24/h2-7,14-16,18-19H,8-13H2,1H3/b22-14+,27-21?. The maximum Gasteiger partial charge on any atom is 0.0979 e. The Morgan fingerprint density at radius 2 is 1.71 bits per heavy atom. The number of aromatic nitrogens is 2. The number of pyridine rings is 2. The van der Waals surface area contributed by atoms with Gasteiger partial charge in [-0.2, -0.15) is 0 Å². The van der Waals surface area contributed by atoms with Crippen molar-refractivity contribution in [1.82, 2.24) is 14.9 Å². The van der Waals surface area contributed by atoms with Crippen LogP contribution in [0, 0.1) is 17.8 Å². The fourth-order valence-electron chi connectivity index (χ4n) is 6.22.